The third kappa shape index (κ3) is 5.09. The first-order valence-electron chi connectivity index (χ1n) is 8.79. The van der Waals surface area contributed by atoms with Gasteiger partial charge >= 0.3 is 0 Å². The Kier molecular flexibility index (Phi) is 6.78. The standard InChI is InChI=1S/C21H26N2O3/c1-5-15-6-10-17(11-7-15)22-21(25)19(14(2)3)23-20(24)16-8-12-18(26-4)13-9-16/h6-14,19H,5H2,1-4H3,(H,22,25)(H,23,24). The van der Waals surface area contributed by atoms with E-state index in [0.29, 0.717) is 11.3 Å². The molecule has 2 aromatic carbocycles. The fourth-order valence-electron chi connectivity index (χ4n) is 2.55. The van der Waals surface area contributed by atoms with Gasteiger partial charge in [0, 0.05) is 11.3 Å². The molecule has 1 unspecified atom stereocenters. The van der Waals surface area contributed by atoms with Crippen LogP contribution in [-0.4, -0.2) is 25.0 Å². The molecule has 2 amide bonds. The summed E-state index contributed by atoms with van der Waals surface area (Å²) in [6.45, 7) is 5.88. The zero-order valence-corrected chi connectivity index (χ0v) is 15.7. The van der Waals surface area contributed by atoms with Crippen LogP contribution in [-0.2, 0) is 11.2 Å². The summed E-state index contributed by atoms with van der Waals surface area (Å²) in [6, 6.07) is 13.9. The number of ether oxygens (including phenoxy) is 1. The molecule has 0 radical (unpaired) electrons. The number of hydrogen-bond acceptors (Lipinski definition) is 3. The van der Waals surface area contributed by atoms with Gasteiger partial charge in [0.15, 0.2) is 0 Å². The van der Waals surface area contributed by atoms with Gasteiger partial charge in [-0.05, 0) is 54.3 Å². The second kappa shape index (κ2) is 9.04. The molecule has 138 valence electrons. The van der Waals surface area contributed by atoms with Gasteiger partial charge in [0.25, 0.3) is 5.91 Å². The summed E-state index contributed by atoms with van der Waals surface area (Å²) in [5, 5.41) is 5.70. The predicted octanol–water partition coefficient (Wildman–Crippen LogP) is 3.65. The van der Waals surface area contributed by atoms with E-state index in [0.717, 1.165) is 12.1 Å². The Morgan fingerprint density at radius 1 is 1.00 bits per heavy atom. The number of aryl methyl sites for hydroxylation is 1. The van der Waals surface area contributed by atoms with E-state index in [9.17, 15) is 9.59 Å². The van der Waals surface area contributed by atoms with Gasteiger partial charge in [-0.3, -0.25) is 9.59 Å². The van der Waals surface area contributed by atoms with Gasteiger partial charge in [-0.1, -0.05) is 32.9 Å². The van der Waals surface area contributed by atoms with Gasteiger partial charge in [-0.25, -0.2) is 0 Å². The van der Waals surface area contributed by atoms with Crippen LogP contribution >= 0.6 is 0 Å². The van der Waals surface area contributed by atoms with Crippen molar-refractivity contribution in [1.29, 1.82) is 0 Å². The largest absolute Gasteiger partial charge is 0.497 e. The summed E-state index contributed by atoms with van der Waals surface area (Å²) in [5.74, 6) is 0.108. The molecule has 2 aromatic rings. The molecule has 0 saturated carbocycles. The van der Waals surface area contributed by atoms with Crippen molar-refractivity contribution in [2.24, 2.45) is 5.92 Å². The van der Waals surface area contributed by atoms with Gasteiger partial charge in [-0.2, -0.15) is 0 Å². The quantitative estimate of drug-likeness (QED) is 0.797. The fourth-order valence-corrected chi connectivity index (χ4v) is 2.55. The lowest BCUT2D eigenvalue weighted by atomic mass is 10.0. The van der Waals surface area contributed by atoms with E-state index < -0.39 is 6.04 Å². The Morgan fingerprint density at radius 2 is 1.62 bits per heavy atom. The van der Waals surface area contributed by atoms with E-state index in [1.165, 1.54) is 5.56 Å². The summed E-state index contributed by atoms with van der Waals surface area (Å²) < 4.78 is 5.09. The van der Waals surface area contributed by atoms with Crippen LogP contribution in [0, 0.1) is 5.92 Å². The number of rotatable bonds is 7. The molecule has 0 heterocycles. The first kappa shape index (κ1) is 19.5. The highest BCUT2D eigenvalue weighted by Crippen LogP contribution is 2.14. The summed E-state index contributed by atoms with van der Waals surface area (Å²) >= 11 is 0. The van der Waals surface area contributed by atoms with Crippen LogP contribution in [0.5, 0.6) is 5.75 Å². The third-order valence-corrected chi connectivity index (χ3v) is 4.22. The second-order valence-electron chi connectivity index (χ2n) is 6.46. The molecule has 0 spiro atoms. The van der Waals surface area contributed by atoms with E-state index >= 15 is 0 Å². The third-order valence-electron chi connectivity index (χ3n) is 4.22. The van der Waals surface area contributed by atoms with Gasteiger partial charge < -0.3 is 15.4 Å². The van der Waals surface area contributed by atoms with E-state index in [-0.39, 0.29) is 17.7 Å². The molecule has 0 aromatic heterocycles. The van der Waals surface area contributed by atoms with Crippen LogP contribution < -0.4 is 15.4 Å². The van der Waals surface area contributed by atoms with Crippen LogP contribution in [0.2, 0.25) is 0 Å². The lowest BCUT2D eigenvalue weighted by Crippen LogP contribution is -2.47. The SMILES string of the molecule is CCc1ccc(NC(=O)C(NC(=O)c2ccc(OC)cc2)C(C)C)cc1. The summed E-state index contributed by atoms with van der Waals surface area (Å²) in [5.41, 5.74) is 2.41. The van der Waals surface area contributed by atoms with Crippen molar-refractivity contribution in [3.8, 4) is 5.75 Å². The van der Waals surface area contributed by atoms with Crippen LogP contribution in [0.25, 0.3) is 0 Å². The molecule has 5 nitrogen and oxygen atoms in total. The molecular weight excluding hydrogens is 328 g/mol. The predicted molar refractivity (Wildman–Crippen MR) is 104 cm³/mol. The van der Waals surface area contributed by atoms with Crippen molar-refractivity contribution in [3.63, 3.8) is 0 Å². The number of hydrogen-bond donors (Lipinski definition) is 2. The summed E-state index contributed by atoms with van der Waals surface area (Å²) in [4.78, 5) is 25.1. The van der Waals surface area contributed by atoms with Crippen molar-refractivity contribution >= 4 is 17.5 Å². The van der Waals surface area contributed by atoms with Gasteiger partial charge in [0.05, 0.1) is 7.11 Å². The van der Waals surface area contributed by atoms with Crippen LogP contribution in [0.15, 0.2) is 48.5 Å². The molecule has 0 fully saturated rings. The Morgan fingerprint density at radius 3 is 2.12 bits per heavy atom. The highest BCUT2D eigenvalue weighted by Gasteiger charge is 2.24. The number of benzene rings is 2. The van der Waals surface area contributed by atoms with Crippen LogP contribution in [0.4, 0.5) is 5.69 Å². The topological polar surface area (TPSA) is 67.4 Å². The van der Waals surface area contributed by atoms with Crippen molar-refractivity contribution in [2.45, 2.75) is 33.2 Å². The van der Waals surface area contributed by atoms with E-state index in [1.807, 2.05) is 38.1 Å². The fraction of sp³-hybridized carbons (Fsp3) is 0.333. The first-order chi connectivity index (χ1) is 12.4. The number of anilines is 1. The molecule has 0 saturated heterocycles. The summed E-state index contributed by atoms with van der Waals surface area (Å²) in [6.07, 6.45) is 0.945. The molecule has 2 N–H and O–H groups in total. The van der Waals surface area contributed by atoms with Gasteiger partial charge in [0.1, 0.15) is 11.8 Å². The molecule has 5 heteroatoms. The molecule has 26 heavy (non-hydrogen) atoms. The molecule has 0 aliphatic heterocycles. The Labute approximate surface area is 154 Å². The van der Waals surface area contributed by atoms with Crippen molar-refractivity contribution in [1.82, 2.24) is 5.32 Å². The van der Waals surface area contributed by atoms with Crippen LogP contribution in [0.1, 0.15) is 36.7 Å². The first-order valence-corrected chi connectivity index (χ1v) is 8.79. The number of nitrogens with one attached hydrogen (secondary N) is 2. The average Bonchev–Trinajstić information content (AvgIpc) is 2.66. The van der Waals surface area contributed by atoms with E-state index in [2.05, 4.69) is 17.6 Å². The summed E-state index contributed by atoms with van der Waals surface area (Å²) in [7, 11) is 1.57. The monoisotopic (exact) mass is 354 g/mol. The minimum Gasteiger partial charge on any atom is -0.497 e. The Balaban J connectivity index is 2.06. The highest BCUT2D eigenvalue weighted by atomic mass is 16.5. The Hall–Kier alpha value is -2.82. The maximum atomic E-state index is 12.6. The Bertz CT molecular complexity index is 737. The zero-order chi connectivity index (χ0) is 19.1. The molecule has 2 rings (SSSR count). The molecular formula is C21H26N2O3. The average molecular weight is 354 g/mol. The second-order valence-corrected chi connectivity index (χ2v) is 6.46. The highest BCUT2D eigenvalue weighted by molar-refractivity contribution is 6.01. The maximum absolute atomic E-state index is 12.6. The minimum absolute atomic E-state index is 0.0490. The number of methoxy groups -OCH3 is 1. The van der Waals surface area contributed by atoms with E-state index in [1.54, 1.807) is 31.4 Å². The molecule has 0 aliphatic carbocycles. The number of carbonyl (C=O) groups is 2. The van der Waals surface area contributed by atoms with E-state index in [4.69, 9.17) is 4.74 Å². The van der Waals surface area contributed by atoms with Crippen LogP contribution in [0.3, 0.4) is 0 Å². The minimum atomic E-state index is -0.629. The normalized spacial score (nSPS) is 11.7. The van der Waals surface area contributed by atoms with Crippen molar-refractivity contribution < 1.29 is 14.3 Å². The molecule has 0 aliphatic rings. The lowest BCUT2D eigenvalue weighted by Gasteiger charge is -2.22. The van der Waals surface area contributed by atoms with Crippen molar-refractivity contribution in [3.05, 3.63) is 59.7 Å². The van der Waals surface area contributed by atoms with Crippen molar-refractivity contribution in [2.75, 3.05) is 12.4 Å². The number of amides is 2. The number of carbonyl (C=O) groups excluding carboxylic acids is 2. The maximum Gasteiger partial charge on any atom is 0.251 e. The zero-order valence-electron chi connectivity index (χ0n) is 15.7. The molecule has 1 atom stereocenters. The smallest absolute Gasteiger partial charge is 0.251 e. The lowest BCUT2D eigenvalue weighted by molar-refractivity contribution is -0.118. The molecule has 0 bridgehead atoms. The van der Waals surface area contributed by atoms with Gasteiger partial charge in [-0.15, -0.1) is 0 Å². The van der Waals surface area contributed by atoms with Gasteiger partial charge in [0.2, 0.25) is 5.91 Å².